The van der Waals surface area contributed by atoms with Gasteiger partial charge in [-0.2, -0.15) is 5.10 Å². The maximum Gasteiger partial charge on any atom is 0.228 e. The maximum atomic E-state index is 6.15. The second-order valence-corrected chi connectivity index (χ2v) is 7.72. The smallest absolute Gasteiger partial charge is 0.228 e. The minimum absolute atomic E-state index is 0.0211. The Morgan fingerprint density at radius 3 is 2.77 bits per heavy atom. The van der Waals surface area contributed by atoms with Gasteiger partial charge in [0.2, 0.25) is 5.95 Å². The fourth-order valence-corrected chi connectivity index (χ4v) is 3.98. The minimum Gasteiger partial charge on any atom is -0.371 e. The predicted octanol–water partition coefficient (Wildman–Crippen LogP) is 2.47. The SMILES string of the molecule is C=CCn1c(Cn2nc(C)cc2C)nnc1N1CC2(CCC2)OCC1C. The Morgan fingerprint density at radius 1 is 1.35 bits per heavy atom. The van der Waals surface area contributed by atoms with Crippen molar-refractivity contribution >= 4 is 5.95 Å². The molecule has 1 saturated carbocycles. The third kappa shape index (κ3) is 2.94. The number of aromatic nitrogens is 5. The van der Waals surface area contributed by atoms with E-state index in [9.17, 15) is 0 Å². The summed E-state index contributed by atoms with van der Waals surface area (Å²) in [6, 6.07) is 2.37. The number of anilines is 1. The van der Waals surface area contributed by atoms with Gasteiger partial charge in [-0.3, -0.25) is 9.25 Å². The molecule has 1 atom stereocenters. The van der Waals surface area contributed by atoms with Crippen LogP contribution in [0.3, 0.4) is 0 Å². The summed E-state index contributed by atoms with van der Waals surface area (Å²) in [5.41, 5.74) is 2.17. The lowest BCUT2D eigenvalue weighted by molar-refractivity contribution is -0.117. The third-order valence-electron chi connectivity index (χ3n) is 5.66. The van der Waals surface area contributed by atoms with Gasteiger partial charge in [-0.25, -0.2) is 0 Å². The summed E-state index contributed by atoms with van der Waals surface area (Å²) in [4.78, 5) is 2.36. The number of hydrogen-bond acceptors (Lipinski definition) is 5. The number of allylic oxidation sites excluding steroid dienone is 1. The molecule has 1 aliphatic carbocycles. The lowest BCUT2D eigenvalue weighted by Gasteiger charge is -2.50. The van der Waals surface area contributed by atoms with Crippen molar-refractivity contribution in [3.05, 3.63) is 35.9 Å². The summed E-state index contributed by atoms with van der Waals surface area (Å²) in [6.45, 7) is 13.1. The zero-order valence-electron chi connectivity index (χ0n) is 16.0. The Hall–Kier alpha value is -2.15. The molecular formula is C19H28N6O. The van der Waals surface area contributed by atoms with Gasteiger partial charge in [0.05, 0.1) is 30.5 Å². The monoisotopic (exact) mass is 356 g/mol. The van der Waals surface area contributed by atoms with E-state index in [-0.39, 0.29) is 11.6 Å². The summed E-state index contributed by atoms with van der Waals surface area (Å²) in [5, 5.41) is 13.6. The van der Waals surface area contributed by atoms with E-state index in [2.05, 4.69) is 51.3 Å². The van der Waals surface area contributed by atoms with Gasteiger partial charge >= 0.3 is 0 Å². The number of aryl methyl sites for hydroxylation is 2. The predicted molar refractivity (Wildman–Crippen MR) is 100 cm³/mol. The Labute approximate surface area is 154 Å². The molecule has 0 aromatic carbocycles. The molecule has 2 aliphatic rings. The average Bonchev–Trinajstić information content (AvgIpc) is 3.11. The van der Waals surface area contributed by atoms with Crippen LogP contribution in [0.4, 0.5) is 5.95 Å². The van der Waals surface area contributed by atoms with Crippen LogP contribution in [0.15, 0.2) is 18.7 Å². The van der Waals surface area contributed by atoms with Crippen LogP contribution >= 0.6 is 0 Å². The summed E-state index contributed by atoms with van der Waals surface area (Å²) in [6.07, 6.45) is 5.45. The standard InChI is InChI=1S/C19H28N6O/c1-5-9-23-17(11-25-15(3)10-14(2)22-25)20-21-18(23)24-13-19(7-6-8-19)26-12-16(24)4/h5,10,16H,1,6-9,11-13H2,2-4H3. The lowest BCUT2D eigenvalue weighted by Crippen LogP contribution is -2.59. The topological polar surface area (TPSA) is 61.0 Å². The molecule has 1 saturated heterocycles. The molecule has 26 heavy (non-hydrogen) atoms. The zero-order chi connectivity index (χ0) is 18.3. The van der Waals surface area contributed by atoms with Crippen molar-refractivity contribution in [3.63, 3.8) is 0 Å². The second kappa shape index (κ2) is 6.54. The average molecular weight is 356 g/mol. The van der Waals surface area contributed by atoms with Gasteiger partial charge < -0.3 is 9.64 Å². The van der Waals surface area contributed by atoms with Crippen molar-refractivity contribution in [1.82, 2.24) is 24.5 Å². The highest BCUT2D eigenvalue weighted by molar-refractivity contribution is 5.36. The van der Waals surface area contributed by atoms with Crippen molar-refractivity contribution in [2.75, 3.05) is 18.1 Å². The Bertz CT molecular complexity index is 803. The van der Waals surface area contributed by atoms with Crippen LogP contribution in [0.25, 0.3) is 0 Å². The summed E-state index contributed by atoms with van der Waals surface area (Å²) < 4.78 is 10.3. The first-order valence-electron chi connectivity index (χ1n) is 9.46. The Kier molecular flexibility index (Phi) is 4.34. The fraction of sp³-hybridized carbons (Fsp3) is 0.632. The molecule has 2 aromatic rings. The molecule has 3 heterocycles. The van der Waals surface area contributed by atoms with E-state index in [1.807, 2.05) is 17.7 Å². The Balaban J connectivity index is 1.64. The molecule has 2 fully saturated rings. The van der Waals surface area contributed by atoms with Crippen LogP contribution in [0.5, 0.6) is 0 Å². The van der Waals surface area contributed by atoms with Crippen molar-refractivity contribution < 1.29 is 4.74 Å². The van der Waals surface area contributed by atoms with Crippen LogP contribution in [-0.2, 0) is 17.8 Å². The molecule has 0 bridgehead atoms. The number of nitrogens with zero attached hydrogens (tertiary/aromatic N) is 6. The first-order valence-corrected chi connectivity index (χ1v) is 9.46. The second-order valence-electron chi connectivity index (χ2n) is 7.72. The number of rotatable bonds is 5. The molecular weight excluding hydrogens is 328 g/mol. The molecule has 7 nitrogen and oxygen atoms in total. The molecule has 7 heteroatoms. The fourth-order valence-electron chi connectivity index (χ4n) is 3.98. The van der Waals surface area contributed by atoms with Crippen molar-refractivity contribution in [2.45, 2.75) is 64.8 Å². The van der Waals surface area contributed by atoms with Crippen LogP contribution < -0.4 is 4.90 Å². The van der Waals surface area contributed by atoms with Gasteiger partial charge in [0.25, 0.3) is 0 Å². The van der Waals surface area contributed by atoms with E-state index in [1.54, 1.807) is 0 Å². The van der Waals surface area contributed by atoms with E-state index in [0.29, 0.717) is 13.1 Å². The normalized spacial score (nSPS) is 21.8. The molecule has 1 spiro atoms. The van der Waals surface area contributed by atoms with Gasteiger partial charge in [0.15, 0.2) is 5.82 Å². The lowest BCUT2D eigenvalue weighted by atomic mass is 9.78. The van der Waals surface area contributed by atoms with E-state index in [0.717, 1.165) is 49.2 Å². The van der Waals surface area contributed by atoms with Gasteiger partial charge in [-0.15, -0.1) is 16.8 Å². The number of morpholine rings is 1. The van der Waals surface area contributed by atoms with Gasteiger partial charge in [0.1, 0.15) is 6.54 Å². The van der Waals surface area contributed by atoms with E-state index in [1.165, 1.54) is 6.42 Å². The van der Waals surface area contributed by atoms with Crippen LogP contribution in [0.1, 0.15) is 43.4 Å². The first-order chi connectivity index (χ1) is 12.5. The largest absolute Gasteiger partial charge is 0.371 e. The van der Waals surface area contributed by atoms with Gasteiger partial charge in [-0.05, 0) is 46.1 Å². The van der Waals surface area contributed by atoms with E-state index >= 15 is 0 Å². The quantitative estimate of drug-likeness (QED) is 0.770. The molecule has 0 amide bonds. The minimum atomic E-state index is 0.0211. The van der Waals surface area contributed by atoms with E-state index < -0.39 is 0 Å². The zero-order valence-corrected chi connectivity index (χ0v) is 16.0. The van der Waals surface area contributed by atoms with E-state index in [4.69, 9.17) is 4.74 Å². The van der Waals surface area contributed by atoms with Crippen molar-refractivity contribution in [2.24, 2.45) is 0 Å². The molecule has 2 aromatic heterocycles. The summed E-state index contributed by atoms with van der Waals surface area (Å²) in [5.74, 6) is 1.83. The highest BCUT2D eigenvalue weighted by Crippen LogP contribution is 2.40. The van der Waals surface area contributed by atoms with Crippen LogP contribution in [0, 0.1) is 13.8 Å². The molecule has 0 radical (unpaired) electrons. The molecule has 4 rings (SSSR count). The third-order valence-corrected chi connectivity index (χ3v) is 5.66. The van der Waals surface area contributed by atoms with Crippen LogP contribution in [-0.4, -0.2) is 49.3 Å². The summed E-state index contributed by atoms with van der Waals surface area (Å²) >= 11 is 0. The number of ether oxygens (including phenoxy) is 1. The molecule has 1 unspecified atom stereocenters. The summed E-state index contributed by atoms with van der Waals surface area (Å²) in [7, 11) is 0. The molecule has 140 valence electrons. The maximum absolute atomic E-state index is 6.15. The Morgan fingerprint density at radius 2 is 2.15 bits per heavy atom. The van der Waals surface area contributed by atoms with Gasteiger partial charge in [-0.1, -0.05) is 6.08 Å². The highest BCUT2D eigenvalue weighted by atomic mass is 16.5. The number of hydrogen-bond donors (Lipinski definition) is 0. The van der Waals surface area contributed by atoms with Crippen LogP contribution in [0.2, 0.25) is 0 Å². The first kappa shape index (κ1) is 17.3. The van der Waals surface area contributed by atoms with Crippen molar-refractivity contribution in [3.8, 4) is 0 Å². The highest BCUT2D eigenvalue weighted by Gasteiger charge is 2.45. The molecule has 0 N–H and O–H groups in total. The van der Waals surface area contributed by atoms with Crippen molar-refractivity contribution in [1.29, 1.82) is 0 Å². The molecule has 1 aliphatic heterocycles. The van der Waals surface area contributed by atoms with Gasteiger partial charge in [0, 0.05) is 12.2 Å².